The minimum Gasteiger partial charge on any atom is -0.415 e. The van der Waals surface area contributed by atoms with Crippen molar-refractivity contribution in [3.05, 3.63) is 42.2 Å². The third kappa shape index (κ3) is 3.89. The number of carbonyl (C=O) groups is 1. The highest BCUT2D eigenvalue weighted by atomic mass is 16.4. The lowest BCUT2D eigenvalue weighted by Gasteiger charge is -2.36. The molecule has 2 amide bonds. The molecule has 29 heavy (non-hydrogen) atoms. The van der Waals surface area contributed by atoms with Gasteiger partial charge in [0.2, 0.25) is 5.89 Å². The van der Waals surface area contributed by atoms with Crippen LogP contribution in [0, 0.1) is 6.92 Å². The van der Waals surface area contributed by atoms with Gasteiger partial charge in [-0.3, -0.25) is 4.98 Å². The van der Waals surface area contributed by atoms with Crippen LogP contribution in [0.2, 0.25) is 0 Å². The Morgan fingerprint density at radius 2 is 1.72 bits per heavy atom. The van der Waals surface area contributed by atoms with E-state index in [0.717, 1.165) is 17.1 Å². The van der Waals surface area contributed by atoms with Gasteiger partial charge in [-0.1, -0.05) is 18.2 Å². The van der Waals surface area contributed by atoms with Crippen LogP contribution in [-0.4, -0.2) is 76.3 Å². The van der Waals surface area contributed by atoms with E-state index in [9.17, 15) is 4.79 Å². The third-order valence-corrected chi connectivity index (χ3v) is 4.85. The lowest BCUT2D eigenvalue weighted by atomic mass is 10.2. The highest BCUT2D eigenvalue weighted by Gasteiger charge is 2.24. The molecule has 1 aliphatic rings. The number of aromatic nitrogens is 4. The molecule has 0 atom stereocenters. The Bertz CT molecular complexity index is 995. The standard InChI is InChI=1S/C20H23N7O2/c1-14-17(19-24-23-18(29-19)15-7-5-4-6-8-15)22-16(13-21-14)26-9-11-27(12-10-26)20(28)25(2)3/h4-8,13H,9-12H2,1-3H3. The Kier molecular flexibility index (Phi) is 5.11. The largest absolute Gasteiger partial charge is 0.415 e. The van der Waals surface area contributed by atoms with Crippen LogP contribution in [-0.2, 0) is 0 Å². The van der Waals surface area contributed by atoms with Crippen LogP contribution in [0.25, 0.3) is 23.0 Å². The maximum atomic E-state index is 12.1. The first kappa shape index (κ1) is 18.9. The van der Waals surface area contributed by atoms with Gasteiger partial charge in [-0.15, -0.1) is 10.2 Å². The van der Waals surface area contributed by atoms with Gasteiger partial charge in [-0.05, 0) is 19.1 Å². The van der Waals surface area contributed by atoms with Gasteiger partial charge < -0.3 is 19.1 Å². The fraction of sp³-hybridized carbons (Fsp3) is 0.350. The summed E-state index contributed by atoms with van der Waals surface area (Å²) in [5.74, 6) is 1.53. The van der Waals surface area contributed by atoms with Crippen molar-refractivity contribution in [2.24, 2.45) is 0 Å². The molecule has 0 bridgehead atoms. The molecular formula is C20H23N7O2. The van der Waals surface area contributed by atoms with Crippen LogP contribution < -0.4 is 4.90 Å². The first-order valence-corrected chi connectivity index (χ1v) is 9.47. The summed E-state index contributed by atoms with van der Waals surface area (Å²) >= 11 is 0. The molecule has 3 aromatic rings. The molecule has 1 aliphatic heterocycles. The van der Waals surface area contributed by atoms with Gasteiger partial charge in [0.05, 0.1) is 11.9 Å². The molecule has 0 unspecified atom stereocenters. The molecule has 1 fully saturated rings. The van der Waals surface area contributed by atoms with E-state index in [4.69, 9.17) is 9.40 Å². The summed E-state index contributed by atoms with van der Waals surface area (Å²) in [6.07, 6.45) is 1.75. The van der Waals surface area contributed by atoms with Gasteiger partial charge in [-0.25, -0.2) is 9.78 Å². The van der Waals surface area contributed by atoms with Crippen molar-refractivity contribution in [1.29, 1.82) is 0 Å². The van der Waals surface area contributed by atoms with E-state index < -0.39 is 0 Å². The minimum atomic E-state index is 0.0274. The third-order valence-electron chi connectivity index (χ3n) is 4.85. The molecule has 1 aromatic carbocycles. The topological polar surface area (TPSA) is 91.5 Å². The van der Waals surface area contributed by atoms with E-state index in [1.807, 2.05) is 42.2 Å². The number of piperazine rings is 1. The zero-order valence-electron chi connectivity index (χ0n) is 16.7. The second-order valence-corrected chi connectivity index (χ2v) is 7.09. The molecule has 3 heterocycles. The number of anilines is 1. The molecule has 2 aromatic heterocycles. The summed E-state index contributed by atoms with van der Waals surface area (Å²) in [6, 6.07) is 9.64. The van der Waals surface area contributed by atoms with Crippen LogP contribution >= 0.6 is 0 Å². The second-order valence-electron chi connectivity index (χ2n) is 7.09. The normalized spacial score (nSPS) is 14.2. The van der Waals surface area contributed by atoms with E-state index in [1.165, 1.54) is 0 Å². The maximum absolute atomic E-state index is 12.1. The van der Waals surface area contributed by atoms with Crippen LogP contribution in [0.3, 0.4) is 0 Å². The summed E-state index contributed by atoms with van der Waals surface area (Å²) < 4.78 is 5.85. The summed E-state index contributed by atoms with van der Waals surface area (Å²) in [5.41, 5.74) is 2.15. The Labute approximate surface area is 169 Å². The summed E-state index contributed by atoms with van der Waals surface area (Å²) in [6.45, 7) is 4.53. The molecule has 150 valence electrons. The quantitative estimate of drug-likeness (QED) is 0.674. The van der Waals surface area contributed by atoms with Crippen molar-refractivity contribution in [2.75, 3.05) is 45.2 Å². The molecule has 0 aliphatic carbocycles. The summed E-state index contributed by atoms with van der Waals surface area (Å²) in [4.78, 5) is 26.9. The molecule has 0 N–H and O–H groups in total. The lowest BCUT2D eigenvalue weighted by Crippen LogP contribution is -2.51. The molecule has 9 heteroatoms. The van der Waals surface area contributed by atoms with Crippen LogP contribution in [0.15, 0.2) is 40.9 Å². The summed E-state index contributed by atoms with van der Waals surface area (Å²) in [5, 5.41) is 8.31. The van der Waals surface area contributed by atoms with Crippen LogP contribution in [0.4, 0.5) is 10.6 Å². The van der Waals surface area contributed by atoms with E-state index in [-0.39, 0.29) is 6.03 Å². The van der Waals surface area contributed by atoms with Crippen molar-refractivity contribution in [1.82, 2.24) is 30.0 Å². The van der Waals surface area contributed by atoms with Gasteiger partial charge in [0.15, 0.2) is 5.69 Å². The van der Waals surface area contributed by atoms with Crippen molar-refractivity contribution in [3.8, 4) is 23.0 Å². The number of aryl methyl sites for hydroxylation is 1. The van der Waals surface area contributed by atoms with Crippen molar-refractivity contribution < 1.29 is 9.21 Å². The molecule has 9 nitrogen and oxygen atoms in total. The van der Waals surface area contributed by atoms with Gasteiger partial charge >= 0.3 is 6.03 Å². The van der Waals surface area contributed by atoms with Crippen molar-refractivity contribution in [3.63, 3.8) is 0 Å². The Morgan fingerprint density at radius 1 is 1.03 bits per heavy atom. The fourth-order valence-corrected chi connectivity index (χ4v) is 3.22. The number of hydrogen-bond donors (Lipinski definition) is 0. The monoisotopic (exact) mass is 393 g/mol. The number of benzene rings is 1. The molecule has 0 radical (unpaired) electrons. The van der Waals surface area contributed by atoms with Gasteiger partial charge in [0.25, 0.3) is 5.89 Å². The first-order valence-electron chi connectivity index (χ1n) is 9.47. The van der Waals surface area contributed by atoms with Gasteiger partial charge in [0, 0.05) is 45.8 Å². The number of urea groups is 1. The van der Waals surface area contributed by atoms with Gasteiger partial charge in [-0.2, -0.15) is 0 Å². The first-order chi connectivity index (χ1) is 14.0. The highest BCUT2D eigenvalue weighted by Crippen LogP contribution is 2.26. The Balaban J connectivity index is 1.53. The van der Waals surface area contributed by atoms with Gasteiger partial charge in [0.1, 0.15) is 5.82 Å². The number of carbonyl (C=O) groups excluding carboxylic acids is 1. The Hall–Kier alpha value is -3.49. The van der Waals surface area contributed by atoms with E-state index in [2.05, 4.69) is 20.1 Å². The predicted octanol–water partition coefficient (Wildman–Crippen LogP) is 2.31. The van der Waals surface area contributed by atoms with E-state index >= 15 is 0 Å². The minimum absolute atomic E-state index is 0.0274. The Morgan fingerprint density at radius 3 is 2.41 bits per heavy atom. The molecular weight excluding hydrogens is 370 g/mol. The molecule has 1 saturated heterocycles. The van der Waals surface area contributed by atoms with Crippen LogP contribution in [0.1, 0.15) is 5.69 Å². The maximum Gasteiger partial charge on any atom is 0.319 e. The fourth-order valence-electron chi connectivity index (χ4n) is 3.22. The van der Waals surface area contributed by atoms with Crippen molar-refractivity contribution in [2.45, 2.75) is 6.92 Å². The SMILES string of the molecule is Cc1ncc(N2CCN(C(=O)N(C)C)CC2)nc1-c1nnc(-c2ccccc2)o1. The number of nitrogens with zero attached hydrogens (tertiary/aromatic N) is 7. The molecule has 0 spiro atoms. The average molecular weight is 393 g/mol. The molecule has 0 saturated carbocycles. The lowest BCUT2D eigenvalue weighted by molar-refractivity contribution is 0.168. The second kappa shape index (κ2) is 7.86. The zero-order valence-corrected chi connectivity index (χ0v) is 16.7. The van der Waals surface area contributed by atoms with Crippen LogP contribution in [0.5, 0.6) is 0 Å². The predicted molar refractivity (Wildman–Crippen MR) is 108 cm³/mol. The van der Waals surface area contributed by atoms with E-state index in [1.54, 1.807) is 25.2 Å². The highest BCUT2D eigenvalue weighted by molar-refractivity contribution is 5.74. The number of amides is 2. The summed E-state index contributed by atoms with van der Waals surface area (Å²) in [7, 11) is 3.53. The smallest absolute Gasteiger partial charge is 0.319 e. The number of hydrogen-bond acceptors (Lipinski definition) is 7. The van der Waals surface area contributed by atoms with E-state index in [0.29, 0.717) is 43.7 Å². The average Bonchev–Trinajstić information content (AvgIpc) is 3.24. The number of rotatable bonds is 3. The van der Waals surface area contributed by atoms with Crippen molar-refractivity contribution >= 4 is 11.8 Å². The molecule has 4 rings (SSSR count). The zero-order chi connectivity index (χ0) is 20.4.